The Morgan fingerprint density at radius 2 is 1.00 bits per heavy atom. The van der Waals surface area contributed by atoms with Gasteiger partial charge in [0.05, 0.1) is 5.54 Å². The molecule has 0 aliphatic heterocycles. The molecule has 3 aromatic rings. The van der Waals surface area contributed by atoms with Gasteiger partial charge in [-0.15, -0.1) is 0 Å². The molecule has 0 aromatic heterocycles. The van der Waals surface area contributed by atoms with Gasteiger partial charge >= 0.3 is 0 Å². The summed E-state index contributed by atoms with van der Waals surface area (Å²) >= 11 is 0. The Morgan fingerprint density at radius 3 is 1.33 bits per heavy atom. The zero-order valence-corrected chi connectivity index (χ0v) is 13.9. The molecule has 2 heteroatoms. The molecular weight excluding hydrogens is 292 g/mol. The maximum atomic E-state index is 5.73. The fourth-order valence-corrected chi connectivity index (χ4v) is 3.25. The molecule has 0 aliphatic rings. The predicted octanol–water partition coefficient (Wildman–Crippen LogP) is 3.92. The standard InChI is InChI=1S/C22H24N2/c23-17-10-18-24-22(19-11-4-1-5-12-19,20-13-6-2-7-14-20)21-15-8-3-9-16-21/h1-9,11-16,24H,10,17-18,23H2. The lowest BCUT2D eigenvalue weighted by Gasteiger charge is -2.37. The molecule has 0 heterocycles. The maximum absolute atomic E-state index is 5.73. The van der Waals surface area contributed by atoms with Gasteiger partial charge in [-0.05, 0) is 36.2 Å². The van der Waals surface area contributed by atoms with Crippen LogP contribution in [0.2, 0.25) is 0 Å². The average Bonchev–Trinajstić information content (AvgIpc) is 2.68. The van der Waals surface area contributed by atoms with Gasteiger partial charge in [-0.3, -0.25) is 5.32 Å². The SMILES string of the molecule is NCCCNC(c1ccccc1)(c1ccccc1)c1ccccc1. The summed E-state index contributed by atoms with van der Waals surface area (Å²) in [5, 5.41) is 3.80. The first-order chi connectivity index (χ1) is 11.9. The van der Waals surface area contributed by atoms with Crippen molar-refractivity contribution >= 4 is 0 Å². The van der Waals surface area contributed by atoms with Crippen LogP contribution < -0.4 is 11.1 Å². The Labute approximate surface area is 144 Å². The minimum Gasteiger partial charge on any atom is -0.330 e. The first-order valence-electron chi connectivity index (χ1n) is 8.49. The van der Waals surface area contributed by atoms with E-state index in [0.717, 1.165) is 13.0 Å². The van der Waals surface area contributed by atoms with Crippen LogP contribution in [-0.4, -0.2) is 13.1 Å². The molecule has 0 saturated heterocycles. The quantitative estimate of drug-likeness (QED) is 0.512. The third-order valence-electron chi connectivity index (χ3n) is 4.39. The van der Waals surface area contributed by atoms with E-state index in [1.807, 2.05) is 0 Å². The summed E-state index contributed by atoms with van der Waals surface area (Å²) in [5.41, 5.74) is 9.06. The monoisotopic (exact) mass is 316 g/mol. The fourth-order valence-electron chi connectivity index (χ4n) is 3.25. The van der Waals surface area contributed by atoms with Crippen molar-refractivity contribution in [3.8, 4) is 0 Å². The smallest absolute Gasteiger partial charge is 0.0947 e. The van der Waals surface area contributed by atoms with Crippen molar-refractivity contribution in [1.82, 2.24) is 5.32 Å². The van der Waals surface area contributed by atoms with E-state index in [2.05, 4.69) is 96.3 Å². The predicted molar refractivity (Wildman–Crippen MR) is 101 cm³/mol. The van der Waals surface area contributed by atoms with Gasteiger partial charge in [0.15, 0.2) is 0 Å². The second-order valence-corrected chi connectivity index (χ2v) is 5.92. The second kappa shape index (κ2) is 7.91. The molecule has 24 heavy (non-hydrogen) atoms. The highest BCUT2D eigenvalue weighted by Crippen LogP contribution is 2.36. The minimum absolute atomic E-state index is 0.376. The second-order valence-electron chi connectivity index (χ2n) is 5.92. The van der Waals surface area contributed by atoms with E-state index >= 15 is 0 Å². The van der Waals surface area contributed by atoms with Crippen LogP contribution in [0.3, 0.4) is 0 Å². The van der Waals surface area contributed by atoms with Crippen LogP contribution in [0.4, 0.5) is 0 Å². The first-order valence-corrected chi connectivity index (χ1v) is 8.49. The van der Waals surface area contributed by atoms with E-state index in [-0.39, 0.29) is 5.54 Å². The van der Waals surface area contributed by atoms with Crippen molar-refractivity contribution in [2.24, 2.45) is 5.73 Å². The molecule has 0 spiro atoms. The van der Waals surface area contributed by atoms with Gasteiger partial charge in [0.2, 0.25) is 0 Å². The van der Waals surface area contributed by atoms with Gasteiger partial charge in [-0.25, -0.2) is 0 Å². The molecule has 0 radical (unpaired) electrons. The third-order valence-corrected chi connectivity index (χ3v) is 4.39. The van der Waals surface area contributed by atoms with Gasteiger partial charge < -0.3 is 5.73 Å². The van der Waals surface area contributed by atoms with Crippen molar-refractivity contribution in [3.05, 3.63) is 108 Å². The van der Waals surface area contributed by atoms with Crippen molar-refractivity contribution in [2.75, 3.05) is 13.1 Å². The number of hydrogen-bond acceptors (Lipinski definition) is 2. The lowest BCUT2D eigenvalue weighted by atomic mass is 9.77. The Hall–Kier alpha value is -2.42. The van der Waals surface area contributed by atoms with Gasteiger partial charge in [-0.1, -0.05) is 91.0 Å². The van der Waals surface area contributed by atoms with E-state index in [1.165, 1.54) is 16.7 Å². The Bertz CT molecular complexity index is 627. The van der Waals surface area contributed by atoms with Crippen molar-refractivity contribution in [2.45, 2.75) is 12.0 Å². The van der Waals surface area contributed by atoms with Crippen LogP contribution >= 0.6 is 0 Å². The van der Waals surface area contributed by atoms with Crippen LogP contribution in [0.15, 0.2) is 91.0 Å². The summed E-state index contributed by atoms with van der Waals surface area (Å²) < 4.78 is 0. The molecule has 0 bridgehead atoms. The van der Waals surface area contributed by atoms with Crippen LogP contribution in [0.5, 0.6) is 0 Å². The zero-order chi connectivity index (χ0) is 16.7. The average molecular weight is 316 g/mol. The summed E-state index contributed by atoms with van der Waals surface area (Å²) in [7, 11) is 0. The van der Waals surface area contributed by atoms with E-state index < -0.39 is 0 Å². The highest BCUT2D eigenvalue weighted by Gasteiger charge is 2.35. The normalized spacial score (nSPS) is 11.4. The lowest BCUT2D eigenvalue weighted by Crippen LogP contribution is -2.45. The van der Waals surface area contributed by atoms with Gasteiger partial charge in [0.1, 0.15) is 0 Å². The van der Waals surface area contributed by atoms with Crippen molar-refractivity contribution < 1.29 is 0 Å². The molecule has 2 nitrogen and oxygen atoms in total. The minimum atomic E-state index is -0.376. The number of nitrogens with one attached hydrogen (secondary N) is 1. The van der Waals surface area contributed by atoms with Crippen LogP contribution in [-0.2, 0) is 5.54 Å². The molecule has 0 unspecified atom stereocenters. The largest absolute Gasteiger partial charge is 0.330 e. The van der Waals surface area contributed by atoms with Crippen LogP contribution in [0, 0.1) is 0 Å². The van der Waals surface area contributed by atoms with E-state index in [1.54, 1.807) is 0 Å². The molecule has 3 rings (SSSR count). The van der Waals surface area contributed by atoms with Crippen molar-refractivity contribution in [1.29, 1.82) is 0 Å². The highest BCUT2D eigenvalue weighted by atomic mass is 15.0. The van der Waals surface area contributed by atoms with Gasteiger partial charge in [-0.2, -0.15) is 0 Å². The number of hydrogen-bond donors (Lipinski definition) is 2. The van der Waals surface area contributed by atoms with Crippen molar-refractivity contribution in [3.63, 3.8) is 0 Å². The Morgan fingerprint density at radius 1 is 0.625 bits per heavy atom. The topological polar surface area (TPSA) is 38.0 Å². The summed E-state index contributed by atoms with van der Waals surface area (Å²) in [6.45, 7) is 1.54. The fraction of sp³-hybridized carbons (Fsp3) is 0.182. The van der Waals surface area contributed by atoms with Crippen LogP contribution in [0.25, 0.3) is 0 Å². The summed E-state index contributed by atoms with van der Waals surface area (Å²) in [5.74, 6) is 0. The molecule has 0 aliphatic carbocycles. The van der Waals surface area contributed by atoms with Gasteiger partial charge in [0, 0.05) is 0 Å². The Kier molecular flexibility index (Phi) is 5.42. The van der Waals surface area contributed by atoms with E-state index in [0.29, 0.717) is 6.54 Å². The molecule has 0 fully saturated rings. The summed E-state index contributed by atoms with van der Waals surface area (Å²) in [6.07, 6.45) is 0.939. The zero-order valence-electron chi connectivity index (χ0n) is 13.9. The molecule has 122 valence electrons. The Balaban J connectivity index is 2.20. The van der Waals surface area contributed by atoms with E-state index in [9.17, 15) is 0 Å². The van der Waals surface area contributed by atoms with Crippen LogP contribution in [0.1, 0.15) is 23.1 Å². The third kappa shape index (κ3) is 3.25. The van der Waals surface area contributed by atoms with Gasteiger partial charge in [0.25, 0.3) is 0 Å². The first kappa shape index (κ1) is 16.4. The molecule has 0 atom stereocenters. The van der Waals surface area contributed by atoms with E-state index in [4.69, 9.17) is 5.73 Å². The molecule has 0 saturated carbocycles. The maximum Gasteiger partial charge on any atom is 0.0947 e. The summed E-state index contributed by atoms with van der Waals surface area (Å²) in [6, 6.07) is 31.9. The number of nitrogens with two attached hydrogens (primary N) is 1. The number of benzene rings is 3. The number of rotatable bonds is 7. The molecule has 3 N–H and O–H groups in total. The molecule has 3 aromatic carbocycles. The highest BCUT2D eigenvalue weighted by molar-refractivity contribution is 5.49. The molecular formula is C22H24N2. The molecule has 0 amide bonds. The lowest BCUT2D eigenvalue weighted by molar-refractivity contribution is 0.468. The summed E-state index contributed by atoms with van der Waals surface area (Å²) in [4.78, 5) is 0.